The molecule has 1 aromatic carbocycles. The van der Waals surface area contributed by atoms with Crippen LogP contribution >= 0.6 is 22.6 Å². The summed E-state index contributed by atoms with van der Waals surface area (Å²) in [5.41, 5.74) is 1.13. The van der Waals surface area contributed by atoms with Crippen LogP contribution < -0.4 is 9.47 Å². The van der Waals surface area contributed by atoms with Crippen molar-refractivity contribution < 1.29 is 9.47 Å². The molecule has 4 heteroatoms. The van der Waals surface area contributed by atoms with Gasteiger partial charge in [0, 0.05) is 17.8 Å². The van der Waals surface area contributed by atoms with Gasteiger partial charge >= 0.3 is 0 Å². The fourth-order valence-corrected chi connectivity index (χ4v) is 3.21. The van der Waals surface area contributed by atoms with Crippen LogP contribution in [-0.2, 0) is 0 Å². The minimum Gasteiger partial charge on any atom is -0.454 e. The van der Waals surface area contributed by atoms with Crippen LogP contribution in [0.25, 0.3) is 0 Å². The average Bonchev–Trinajstić information content (AvgIpc) is 2.88. The van der Waals surface area contributed by atoms with Crippen molar-refractivity contribution in [3.8, 4) is 11.5 Å². The van der Waals surface area contributed by atoms with Crippen molar-refractivity contribution in [3.63, 3.8) is 0 Å². The van der Waals surface area contributed by atoms with Gasteiger partial charge in [-0.05, 0) is 47.6 Å². The van der Waals surface area contributed by atoms with E-state index in [0.29, 0.717) is 12.8 Å². The number of ether oxygens (including phenoxy) is 2. The molecule has 96 valence electrons. The molecule has 0 unspecified atom stereocenters. The van der Waals surface area contributed by atoms with Crippen molar-refractivity contribution in [1.29, 1.82) is 0 Å². The fourth-order valence-electron chi connectivity index (χ4n) is 2.47. The Morgan fingerprint density at radius 2 is 2.00 bits per heavy atom. The second-order valence-electron chi connectivity index (χ2n) is 4.77. The van der Waals surface area contributed by atoms with Gasteiger partial charge in [-0.15, -0.1) is 0 Å². The Morgan fingerprint density at radius 1 is 1.17 bits per heavy atom. The molecular weight excluding hydrogens is 341 g/mol. The smallest absolute Gasteiger partial charge is 0.231 e. The Morgan fingerprint density at radius 3 is 2.83 bits per heavy atom. The lowest BCUT2D eigenvalue weighted by Crippen LogP contribution is -2.09. The average molecular weight is 357 g/mol. The number of hydrogen-bond donors (Lipinski definition) is 0. The molecular formula is C14H16INO2. The van der Waals surface area contributed by atoms with Crippen molar-refractivity contribution in [2.75, 3.05) is 6.79 Å². The molecule has 0 atom stereocenters. The fraction of sp³-hybridized carbons (Fsp3) is 0.500. The summed E-state index contributed by atoms with van der Waals surface area (Å²) >= 11 is 2.30. The quantitative estimate of drug-likeness (QED) is 0.596. The van der Waals surface area contributed by atoms with Crippen LogP contribution in [0.2, 0.25) is 0 Å². The third-order valence-electron chi connectivity index (χ3n) is 3.51. The van der Waals surface area contributed by atoms with Gasteiger partial charge in [-0.25, -0.2) is 0 Å². The van der Waals surface area contributed by atoms with E-state index in [9.17, 15) is 0 Å². The minimum absolute atomic E-state index is 0.328. The normalized spacial score (nSPS) is 19.6. The third-order valence-corrected chi connectivity index (χ3v) is 4.62. The minimum atomic E-state index is 0.328. The van der Waals surface area contributed by atoms with E-state index in [0.717, 1.165) is 20.6 Å². The van der Waals surface area contributed by atoms with Gasteiger partial charge in [0.1, 0.15) is 0 Å². The molecule has 0 spiro atoms. The van der Waals surface area contributed by atoms with Gasteiger partial charge in [0.25, 0.3) is 0 Å². The lowest BCUT2D eigenvalue weighted by molar-refractivity contribution is 0.173. The molecule has 2 aliphatic rings. The Balaban J connectivity index is 1.78. The van der Waals surface area contributed by atoms with Crippen LogP contribution in [-0.4, -0.2) is 19.0 Å². The highest BCUT2D eigenvalue weighted by atomic mass is 127. The molecule has 1 saturated carbocycles. The number of aliphatic imine (C=N–C) groups is 1. The van der Waals surface area contributed by atoms with Gasteiger partial charge in [-0.3, -0.25) is 4.99 Å². The summed E-state index contributed by atoms with van der Waals surface area (Å²) in [6.07, 6.45) is 8.48. The van der Waals surface area contributed by atoms with Gasteiger partial charge in [-0.2, -0.15) is 0 Å². The first-order chi connectivity index (χ1) is 8.84. The van der Waals surface area contributed by atoms with Crippen molar-refractivity contribution in [2.24, 2.45) is 4.99 Å². The highest BCUT2D eigenvalue weighted by Gasteiger charge is 2.18. The van der Waals surface area contributed by atoms with Gasteiger partial charge in [0.15, 0.2) is 11.5 Å². The number of nitrogens with zero attached hydrogens (tertiary/aromatic N) is 1. The van der Waals surface area contributed by atoms with E-state index in [1.807, 2.05) is 12.3 Å². The Hall–Kier alpha value is -0.780. The van der Waals surface area contributed by atoms with Crippen molar-refractivity contribution in [1.82, 2.24) is 0 Å². The second kappa shape index (κ2) is 5.47. The molecule has 1 fully saturated rings. The predicted molar refractivity (Wildman–Crippen MR) is 79.7 cm³/mol. The number of fused-ring (bicyclic) bond motifs is 1. The lowest BCUT2D eigenvalue weighted by Gasteiger charge is -2.17. The van der Waals surface area contributed by atoms with Crippen LogP contribution in [0.3, 0.4) is 0 Å². The van der Waals surface area contributed by atoms with Crippen molar-refractivity contribution >= 4 is 28.8 Å². The zero-order chi connectivity index (χ0) is 12.4. The topological polar surface area (TPSA) is 30.8 Å². The molecule has 0 aromatic heterocycles. The van der Waals surface area contributed by atoms with Crippen LogP contribution in [0.5, 0.6) is 11.5 Å². The van der Waals surface area contributed by atoms with E-state index in [-0.39, 0.29) is 0 Å². The van der Waals surface area contributed by atoms with Crippen LogP contribution in [0.1, 0.15) is 37.7 Å². The first-order valence-corrected chi connectivity index (χ1v) is 7.54. The maximum Gasteiger partial charge on any atom is 0.231 e. The first-order valence-electron chi connectivity index (χ1n) is 6.46. The summed E-state index contributed by atoms with van der Waals surface area (Å²) in [5.74, 6) is 1.71. The van der Waals surface area contributed by atoms with Crippen molar-refractivity contribution in [2.45, 2.75) is 38.1 Å². The summed E-state index contributed by atoms with van der Waals surface area (Å²) < 4.78 is 11.9. The zero-order valence-electron chi connectivity index (χ0n) is 10.2. The van der Waals surface area contributed by atoms with Gasteiger partial charge in [0.2, 0.25) is 6.79 Å². The predicted octanol–water partition coefficient (Wildman–Crippen LogP) is 3.77. The van der Waals surface area contributed by atoms with Crippen molar-refractivity contribution in [3.05, 3.63) is 21.3 Å². The Kier molecular flexibility index (Phi) is 3.72. The summed E-state index contributed by atoms with van der Waals surface area (Å²) in [7, 11) is 0. The molecule has 3 nitrogen and oxygen atoms in total. The zero-order valence-corrected chi connectivity index (χ0v) is 12.4. The van der Waals surface area contributed by atoms with E-state index in [1.54, 1.807) is 0 Å². The summed E-state index contributed by atoms with van der Waals surface area (Å²) in [5, 5.41) is 0. The summed E-state index contributed by atoms with van der Waals surface area (Å²) in [4.78, 5) is 4.71. The van der Waals surface area contributed by atoms with E-state index in [2.05, 4.69) is 28.7 Å². The number of halogens is 1. The van der Waals surface area contributed by atoms with E-state index in [4.69, 9.17) is 14.5 Å². The lowest BCUT2D eigenvalue weighted by atomic mass is 9.96. The Labute approximate surface area is 121 Å². The molecule has 0 N–H and O–H groups in total. The maximum absolute atomic E-state index is 5.47. The molecule has 0 saturated heterocycles. The number of benzene rings is 1. The summed E-state index contributed by atoms with van der Waals surface area (Å²) in [6, 6.07) is 4.54. The molecule has 1 aliphatic heterocycles. The van der Waals surface area contributed by atoms with Gasteiger partial charge < -0.3 is 9.47 Å². The summed E-state index contributed by atoms with van der Waals surface area (Å²) in [6.45, 7) is 0.328. The molecule has 0 amide bonds. The van der Waals surface area contributed by atoms with Crippen LogP contribution in [0.15, 0.2) is 17.1 Å². The number of rotatable bonds is 2. The van der Waals surface area contributed by atoms with E-state index < -0.39 is 0 Å². The monoisotopic (exact) mass is 357 g/mol. The molecule has 18 heavy (non-hydrogen) atoms. The molecule has 1 heterocycles. The SMILES string of the molecule is Ic1c(C=NC2CCCCC2)ccc2c1OCO2. The first kappa shape index (κ1) is 12.3. The molecule has 1 aromatic rings. The van der Waals surface area contributed by atoms with E-state index >= 15 is 0 Å². The highest BCUT2D eigenvalue weighted by Crippen LogP contribution is 2.37. The van der Waals surface area contributed by atoms with Gasteiger partial charge in [0.05, 0.1) is 3.57 Å². The molecule has 1 aliphatic carbocycles. The molecule has 0 radical (unpaired) electrons. The standard InChI is InChI=1S/C14H16INO2/c15-13-10(6-7-12-14(13)18-9-17-12)8-16-11-4-2-1-3-5-11/h6-8,11H,1-5,9H2. The Bertz CT molecular complexity index is 467. The third kappa shape index (κ3) is 2.48. The second-order valence-corrected chi connectivity index (χ2v) is 5.85. The molecule has 0 bridgehead atoms. The number of hydrogen-bond acceptors (Lipinski definition) is 3. The van der Waals surface area contributed by atoms with Crippen LogP contribution in [0.4, 0.5) is 0 Å². The highest BCUT2D eigenvalue weighted by molar-refractivity contribution is 14.1. The maximum atomic E-state index is 5.47. The largest absolute Gasteiger partial charge is 0.454 e. The van der Waals surface area contributed by atoms with Crippen LogP contribution in [0, 0.1) is 3.57 Å². The van der Waals surface area contributed by atoms with E-state index in [1.165, 1.54) is 32.1 Å². The van der Waals surface area contributed by atoms with Gasteiger partial charge in [-0.1, -0.05) is 19.3 Å². The molecule has 3 rings (SSSR count).